The molecule has 30 heavy (non-hydrogen) atoms. The number of carbonyl (C=O) groups is 1. The summed E-state index contributed by atoms with van der Waals surface area (Å²) in [4.78, 5) is 19.4. The van der Waals surface area contributed by atoms with Crippen molar-refractivity contribution in [3.8, 4) is 0 Å². The standard InChI is InChI=1S/C22H28N4O2S.HI/c1-23-21(24-14-17-8-10-19(11-9-17)25-22(27)28-2)26-13-12-18(15-26)16-29-20-6-4-3-5-7-20;/h3-11,18H,12-16H2,1-2H3,(H,23,24)(H,25,27);1H. The summed E-state index contributed by atoms with van der Waals surface area (Å²) in [6.07, 6.45) is 0.722. The van der Waals surface area contributed by atoms with E-state index < -0.39 is 6.09 Å². The van der Waals surface area contributed by atoms with Gasteiger partial charge in [0.1, 0.15) is 0 Å². The van der Waals surface area contributed by atoms with E-state index in [2.05, 4.69) is 55.6 Å². The number of likely N-dealkylation sites (tertiary alicyclic amines) is 1. The molecule has 8 heteroatoms. The number of rotatable bonds is 6. The molecule has 1 saturated heterocycles. The topological polar surface area (TPSA) is 66.0 Å². The molecular formula is C22H29IN4O2S. The minimum Gasteiger partial charge on any atom is -0.453 e. The van der Waals surface area contributed by atoms with Gasteiger partial charge < -0.3 is 15.0 Å². The van der Waals surface area contributed by atoms with Crippen molar-refractivity contribution in [1.29, 1.82) is 0 Å². The summed E-state index contributed by atoms with van der Waals surface area (Å²) in [5.74, 6) is 2.74. The third-order valence-electron chi connectivity index (χ3n) is 4.86. The van der Waals surface area contributed by atoms with Gasteiger partial charge in [0.2, 0.25) is 0 Å². The number of methoxy groups -OCH3 is 1. The highest BCUT2D eigenvalue weighted by atomic mass is 127. The van der Waals surface area contributed by atoms with Crippen LogP contribution in [0.4, 0.5) is 10.5 Å². The second-order valence-electron chi connectivity index (χ2n) is 6.94. The van der Waals surface area contributed by atoms with Gasteiger partial charge in [-0.1, -0.05) is 30.3 Å². The van der Waals surface area contributed by atoms with Crippen LogP contribution in [-0.4, -0.2) is 50.0 Å². The first-order valence-electron chi connectivity index (χ1n) is 9.75. The lowest BCUT2D eigenvalue weighted by atomic mass is 10.2. The van der Waals surface area contributed by atoms with Gasteiger partial charge in [0.15, 0.2) is 5.96 Å². The maximum absolute atomic E-state index is 11.3. The predicted molar refractivity (Wildman–Crippen MR) is 135 cm³/mol. The fourth-order valence-corrected chi connectivity index (χ4v) is 4.33. The molecule has 0 saturated carbocycles. The smallest absolute Gasteiger partial charge is 0.411 e. The molecule has 1 aliphatic rings. The van der Waals surface area contributed by atoms with Crippen LogP contribution in [-0.2, 0) is 11.3 Å². The second-order valence-corrected chi connectivity index (χ2v) is 8.03. The number of nitrogens with one attached hydrogen (secondary N) is 2. The fourth-order valence-electron chi connectivity index (χ4n) is 3.28. The number of halogens is 1. The molecule has 1 amide bonds. The quantitative estimate of drug-likeness (QED) is 0.241. The van der Waals surface area contributed by atoms with Crippen molar-refractivity contribution in [3.63, 3.8) is 0 Å². The van der Waals surface area contributed by atoms with Gasteiger partial charge in [-0.2, -0.15) is 0 Å². The Kier molecular flexibility index (Phi) is 10.3. The third-order valence-corrected chi connectivity index (χ3v) is 6.11. The van der Waals surface area contributed by atoms with E-state index in [-0.39, 0.29) is 24.0 Å². The second kappa shape index (κ2) is 12.7. The summed E-state index contributed by atoms with van der Waals surface area (Å²) >= 11 is 1.93. The lowest BCUT2D eigenvalue weighted by molar-refractivity contribution is 0.187. The first-order valence-corrected chi connectivity index (χ1v) is 10.7. The van der Waals surface area contributed by atoms with Gasteiger partial charge >= 0.3 is 6.09 Å². The van der Waals surface area contributed by atoms with Crippen LogP contribution in [0.2, 0.25) is 0 Å². The lowest BCUT2D eigenvalue weighted by Crippen LogP contribution is -2.39. The zero-order valence-corrected chi connectivity index (χ0v) is 20.5. The van der Waals surface area contributed by atoms with Crippen LogP contribution in [0.5, 0.6) is 0 Å². The summed E-state index contributed by atoms with van der Waals surface area (Å²) < 4.78 is 4.60. The van der Waals surface area contributed by atoms with E-state index in [0.29, 0.717) is 18.2 Å². The largest absolute Gasteiger partial charge is 0.453 e. The molecule has 3 rings (SSSR count). The summed E-state index contributed by atoms with van der Waals surface area (Å²) in [6, 6.07) is 18.3. The molecule has 0 aromatic heterocycles. The van der Waals surface area contributed by atoms with Gasteiger partial charge in [-0.25, -0.2) is 4.79 Å². The Balaban J connectivity index is 0.00000320. The van der Waals surface area contributed by atoms with Crippen LogP contribution in [0, 0.1) is 5.92 Å². The van der Waals surface area contributed by atoms with Crippen molar-refractivity contribution in [1.82, 2.24) is 10.2 Å². The van der Waals surface area contributed by atoms with E-state index in [4.69, 9.17) is 0 Å². The van der Waals surface area contributed by atoms with E-state index in [1.54, 1.807) is 0 Å². The number of hydrogen-bond acceptors (Lipinski definition) is 4. The van der Waals surface area contributed by atoms with Crippen molar-refractivity contribution in [2.75, 3.05) is 38.3 Å². The number of aliphatic imine (C=N–C) groups is 1. The van der Waals surface area contributed by atoms with Crippen molar-refractivity contribution in [3.05, 3.63) is 60.2 Å². The SMILES string of the molecule is CN=C(NCc1ccc(NC(=O)OC)cc1)N1CCC(CSc2ccccc2)C1.I. The van der Waals surface area contributed by atoms with Crippen molar-refractivity contribution < 1.29 is 9.53 Å². The van der Waals surface area contributed by atoms with E-state index >= 15 is 0 Å². The Morgan fingerprint density at radius 3 is 2.60 bits per heavy atom. The van der Waals surface area contributed by atoms with Crippen molar-refractivity contribution in [2.24, 2.45) is 10.9 Å². The molecule has 162 valence electrons. The number of guanidine groups is 1. The van der Waals surface area contributed by atoms with Crippen LogP contribution >= 0.6 is 35.7 Å². The normalized spacial score (nSPS) is 16.0. The Hall–Kier alpha value is -1.94. The van der Waals surface area contributed by atoms with Crippen LogP contribution in [0.15, 0.2) is 64.5 Å². The molecular weight excluding hydrogens is 511 g/mol. The molecule has 0 radical (unpaired) electrons. The summed E-state index contributed by atoms with van der Waals surface area (Å²) in [6.45, 7) is 2.74. The average molecular weight is 540 g/mol. The van der Waals surface area contributed by atoms with E-state index in [1.807, 2.05) is 43.1 Å². The van der Waals surface area contributed by atoms with E-state index in [1.165, 1.54) is 18.4 Å². The number of amides is 1. The predicted octanol–water partition coefficient (Wildman–Crippen LogP) is 4.67. The molecule has 2 aromatic rings. The highest BCUT2D eigenvalue weighted by Gasteiger charge is 2.24. The highest BCUT2D eigenvalue weighted by Crippen LogP contribution is 2.25. The molecule has 1 heterocycles. The molecule has 1 atom stereocenters. The van der Waals surface area contributed by atoms with Crippen LogP contribution in [0.3, 0.4) is 0 Å². The molecule has 2 aromatic carbocycles. The van der Waals surface area contributed by atoms with Crippen LogP contribution < -0.4 is 10.6 Å². The van der Waals surface area contributed by atoms with Gasteiger partial charge in [0, 0.05) is 43.0 Å². The van der Waals surface area contributed by atoms with E-state index in [0.717, 1.165) is 30.4 Å². The first kappa shape index (κ1) is 24.3. The number of benzene rings is 2. The number of carbonyl (C=O) groups excluding carboxylic acids is 1. The molecule has 1 fully saturated rings. The molecule has 1 unspecified atom stereocenters. The Morgan fingerprint density at radius 2 is 1.93 bits per heavy atom. The fraction of sp³-hybridized carbons (Fsp3) is 0.364. The van der Waals surface area contributed by atoms with Gasteiger partial charge in [-0.3, -0.25) is 10.3 Å². The average Bonchev–Trinajstić information content (AvgIpc) is 3.23. The molecule has 0 aliphatic carbocycles. The van der Waals surface area contributed by atoms with Crippen LogP contribution in [0.1, 0.15) is 12.0 Å². The molecule has 1 aliphatic heterocycles. The highest BCUT2D eigenvalue weighted by molar-refractivity contribution is 14.0. The minimum absolute atomic E-state index is 0. The van der Waals surface area contributed by atoms with Gasteiger partial charge in [0.05, 0.1) is 7.11 Å². The maximum atomic E-state index is 11.3. The number of ether oxygens (including phenoxy) is 1. The molecule has 0 bridgehead atoms. The van der Waals surface area contributed by atoms with Gasteiger partial charge in [-0.15, -0.1) is 35.7 Å². The Bertz CT molecular complexity index is 818. The van der Waals surface area contributed by atoms with Gasteiger partial charge in [-0.05, 0) is 42.2 Å². The summed E-state index contributed by atoms with van der Waals surface area (Å²) in [5.41, 5.74) is 1.83. The zero-order chi connectivity index (χ0) is 20.5. The van der Waals surface area contributed by atoms with Crippen molar-refractivity contribution in [2.45, 2.75) is 17.9 Å². The molecule has 6 nitrogen and oxygen atoms in total. The number of thioether (sulfide) groups is 1. The maximum Gasteiger partial charge on any atom is 0.411 e. The number of anilines is 1. The number of nitrogens with zero attached hydrogens (tertiary/aromatic N) is 2. The van der Waals surface area contributed by atoms with Crippen LogP contribution in [0.25, 0.3) is 0 Å². The molecule has 2 N–H and O–H groups in total. The third kappa shape index (κ3) is 7.39. The number of hydrogen-bond donors (Lipinski definition) is 2. The summed E-state index contributed by atoms with van der Waals surface area (Å²) in [7, 11) is 3.18. The zero-order valence-electron chi connectivity index (χ0n) is 17.3. The lowest BCUT2D eigenvalue weighted by Gasteiger charge is -2.22. The summed E-state index contributed by atoms with van der Waals surface area (Å²) in [5, 5.41) is 6.10. The first-order chi connectivity index (χ1) is 14.2. The van der Waals surface area contributed by atoms with Gasteiger partial charge in [0.25, 0.3) is 0 Å². The monoisotopic (exact) mass is 540 g/mol. The Morgan fingerprint density at radius 1 is 1.20 bits per heavy atom. The Labute approximate surface area is 199 Å². The van der Waals surface area contributed by atoms with Crippen molar-refractivity contribution >= 4 is 53.5 Å². The molecule has 0 spiro atoms. The minimum atomic E-state index is -0.467. The van der Waals surface area contributed by atoms with E-state index in [9.17, 15) is 4.79 Å².